The van der Waals surface area contributed by atoms with E-state index in [9.17, 15) is 19.1 Å². The monoisotopic (exact) mass is 359 g/mol. The molecule has 138 valence electrons. The van der Waals surface area contributed by atoms with E-state index >= 15 is 0 Å². The summed E-state index contributed by atoms with van der Waals surface area (Å²) in [5.41, 5.74) is 0.183. The Kier molecular flexibility index (Phi) is 4.19. The molecule has 1 atom stereocenters. The predicted octanol–water partition coefficient (Wildman–Crippen LogP) is 2.36. The quantitative estimate of drug-likeness (QED) is 0.877. The summed E-state index contributed by atoms with van der Waals surface area (Å²) < 4.78 is 16.8. The summed E-state index contributed by atoms with van der Waals surface area (Å²) in [7, 11) is 0. The van der Waals surface area contributed by atoms with Crippen LogP contribution in [0.2, 0.25) is 0 Å². The SMILES string of the molecule is CCC1CNCCN1c1cc2c(cc1F)c(=O)c(C(=O)O)cn2C1CC1. The first-order chi connectivity index (χ1) is 12.5. The van der Waals surface area contributed by atoms with Crippen LogP contribution in [0.4, 0.5) is 10.1 Å². The van der Waals surface area contributed by atoms with Crippen molar-refractivity contribution in [3.63, 3.8) is 0 Å². The van der Waals surface area contributed by atoms with Crippen LogP contribution in [0, 0.1) is 5.82 Å². The number of fused-ring (bicyclic) bond motifs is 1. The maximum atomic E-state index is 14.9. The van der Waals surface area contributed by atoms with Crippen molar-refractivity contribution in [3.05, 3.63) is 39.9 Å². The summed E-state index contributed by atoms with van der Waals surface area (Å²) in [6.45, 7) is 4.34. The highest BCUT2D eigenvalue weighted by atomic mass is 19.1. The topological polar surface area (TPSA) is 74.6 Å². The molecule has 2 aromatic rings. The van der Waals surface area contributed by atoms with E-state index in [0.717, 1.165) is 32.4 Å². The normalized spacial score (nSPS) is 20.5. The summed E-state index contributed by atoms with van der Waals surface area (Å²) >= 11 is 0. The number of nitrogens with one attached hydrogen (secondary N) is 1. The molecule has 2 aliphatic rings. The third kappa shape index (κ3) is 2.76. The summed E-state index contributed by atoms with van der Waals surface area (Å²) in [4.78, 5) is 26.0. The molecule has 1 aliphatic carbocycles. The highest BCUT2D eigenvalue weighted by Gasteiger charge is 2.29. The Morgan fingerprint density at radius 3 is 2.81 bits per heavy atom. The number of piperazine rings is 1. The fourth-order valence-electron chi connectivity index (χ4n) is 3.83. The molecule has 7 heteroatoms. The van der Waals surface area contributed by atoms with E-state index in [4.69, 9.17) is 0 Å². The first kappa shape index (κ1) is 17.0. The van der Waals surface area contributed by atoms with Gasteiger partial charge in [-0.1, -0.05) is 6.92 Å². The third-order valence-electron chi connectivity index (χ3n) is 5.40. The van der Waals surface area contributed by atoms with Gasteiger partial charge < -0.3 is 19.9 Å². The van der Waals surface area contributed by atoms with Crippen molar-refractivity contribution in [1.29, 1.82) is 0 Å². The maximum Gasteiger partial charge on any atom is 0.341 e. The minimum Gasteiger partial charge on any atom is -0.477 e. The number of carbonyl (C=O) groups is 1. The lowest BCUT2D eigenvalue weighted by atomic mass is 10.1. The van der Waals surface area contributed by atoms with Crippen molar-refractivity contribution >= 4 is 22.6 Å². The number of hydrogen-bond donors (Lipinski definition) is 2. The Bertz CT molecular complexity index is 936. The molecule has 2 heterocycles. The second-order valence-electron chi connectivity index (χ2n) is 7.10. The first-order valence-corrected chi connectivity index (χ1v) is 9.10. The Labute approximate surface area is 150 Å². The van der Waals surface area contributed by atoms with Crippen molar-refractivity contribution in [2.24, 2.45) is 0 Å². The zero-order valence-electron chi connectivity index (χ0n) is 14.7. The van der Waals surface area contributed by atoms with Crippen LogP contribution in [0.1, 0.15) is 42.6 Å². The minimum absolute atomic E-state index is 0.140. The lowest BCUT2D eigenvalue weighted by Gasteiger charge is -2.38. The molecule has 1 saturated carbocycles. The van der Waals surface area contributed by atoms with Crippen LogP contribution in [-0.2, 0) is 0 Å². The molecule has 1 unspecified atom stereocenters. The number of rotatable bonds is 4. The van der Waals surface area contributed by atoms with Gasteiger partial charge >= 0.3 is 5.97 Å². The zero-order valence-corrected chi connectivity index (χ0v) is 14.7. The molecule has 0 bridgehead atoms. The van der Waals surface area contributed by atoms with Crippen LogP contribution in [0.3, 0.4) is 0 Å². The van der Waals surface area contributed by atoms with Crippen molar-refractivity contribution in [3.8, 4) is 0 Å². The van der Waals surface area contributed by atoms with E-state index < -0.39 is 17.2 Å². The Hall–Kier alpha value is -2.41. The predicted molar refractivity (Wildman–Crippen MR) is 97.7 cm³/mol. The molecule has 1 aromatic carbocycles. The van der Waals surface area contributed by atoms with Crippen molar-refractivity contribution in [2.45, 2.75) is 38.3 Å². The number of halogens is 1. The van der Waals surface area contributed by atoms with Crippen molar-refractivity contribution in [2.75, 3.05) is 24.5 Å². The molecule has 1 aliphatic heterocycles. The largest absolute Gasteiger partial charge is 0.477 e. The van der Waals surface area contributed by atoms with E-state index in [1.807, 2.05) is 4.57 Å². The Morgan fingerprint density at radius 1 is 1.38 bits per heavy atom. The van der Waals surface area contributed by atoms with Gasteiger partial charge in [-0.3, -0.25) is 4.79 Å². The Morgan fingerprint density at radius 2 is 2.15 bits per heavy atom. The minimum atomic E-state index is -1.27. The molecule has 0 radical (unpaired) electrons. The number of aromatic carboxylic acids is 1. The number of carboxylic acid groups (broad SMARTS) is 1. The van der Waals surface area contributed by atoms with Gasteiger partial charge in [0.15, 0.2) is 0 Å². The van der Waals surface area contributed by atoms with Gasteiger partial charge in [-0.25, -0.2) is 9.18 Å². The van der Waals surface area contributed by atoms with Gasteiger partial charge in [-0.2, -0.15) is 0 Å². The number of nitrogens with zero attached hydrogens (tertiary/aromatic N) is 2. The summed E-state index contributed by atoms with van der Waals surface area (Å²) in [5.74, 6) is -1.75. The molecular formula is C19H22FN3O3. The van der Waals surface area contributed by atoms with E-state index in [-0.39, 0.29) is 23.0 Å². The van der Waals surface area contributed by atoms with Crippen molar-refractivity contribution in [1.82, 2.24) is 9.88 Å². The molecule has 2 fully saturated rings. The summed E-state index contributed by atoms with van der Waals surface area (Å²) in [6.07, 6.45) is 4.18. The molecule has 4 rings (SSSR count). The average molecular weight is 359 g/mol. The lowest BCUT2D eigenvalue weighted by molar-refractivity contribution is 0.0695. The van der Waals surface area contributed by atoms with Gasteiger partial charge in [-0.15, -0.1) is 0 Å². The molecule has 6 nitrogen and oxygen atoms in total. The van der Waals surface area contributed by atoms with Gasteiger partial charge in [-0.05, 0) is 31.4 Å². The Balaban J connectivity index is 1.93. The maximum absolute atomic E-state index is 14.9. The first-order valence-electron chi connectivity index (χ1n) is 9.10. The fourth-order valence-corrected chi connectivity index (χ4v) is 3.83. The van der Waals surface area contributed by atoms with E-state index in [2.05, 4.69) is 17.1 Å². The molecule has 1 saturated heterocycles. The van der Waals surface area contributed by atoms with Gasteiger partial charge in [0.2, 0.25) is 5.43 Å². The second-order valence-corrected chi connectivity index (χ2v) is 7.10. The van der Waals surface area contributed by atoms with Crippen LogP contribution in [-0.4, -0.2) is 41.3 Å². The third-order valence-corrected chi connectivity index (χ3v) is 5.40. The van der Waals surface area contributed by atoms with Crippen LogP contribution < -0.4 is 15.6 Å². The highest BCUT2D eigenvalue weighted by Crippen LogP contribution is 2.38. The van der Waals surface area contributed by atoms with Crippen LogP contribution in [0.15, 0.2) is 23.1 Å². The summed E-state index contributed by atoms with van der Waals surface area (Å²) in [5, 5.41) is 12.8. The molecule has 26 heavy (non-hydrogen) atoms. The fraction of sp³-hybridized carbons (Fsp3) is 0.474. The average Bonchev–Trinajstić information content (AvgIpc) is 3.47. The molecule has 0 amide bonds. The van der Waals surface area contributed by atoms with Gasteiger partial charge in [0, 0.05) is 43.3 Å². The molecule has 0 spiro atoms. The smallest absolute Gasteiger partial charge is 0.341 e. The second kappa shape index (κ2) is 6.39. The van der Waals surface area contributed by atoms with E-state index in [1.54, 1.807) is 6.07 Å². The van der Waals surface area contributed by atoms with Crippen LogP contribution in [0.5, 0.6) is 0 Å². The number of hydrogen-bond acceptors (Lipinski definition) is 4. The lowest BCUT2D eigenvalue weighted by Crippen LogP contribution is -2.51. The highest BCUT2D eigenvalue weighted by molar-refractivity contribution is 5.93. The van der Waals surface area contributed by atoms with Crippen LogP contribution in [0.25, 0.3) is 10.9 Å². The number of benzene rings is 1. The number of aromatic nitrogens is 1. The van der Waals surface area contributed by atoms with E-state index in [0.29, 0.717) is 17.7 Å². The number of anilines is 1. The van der Waals surface area contributed by atoms with Gasteiger partial charge in [0.05, 0.1) is 11.2 Å². The van der Waals surface area contributed by atoms with Crippen LogP contribution >= 0.6 is 0 Å². The molecule has 2 N–H and O–H groups in total. The van der Waals surface area contributed by atoms with Gasteiger partial charge in [0.1, 0.15) is 11.4 Å². The summed E-state index contributed by atoms with van der Waals surface area (Å²) in [6, 6.07) is 3.31. The number of pyridine rings is 1. The molecule has 1 aromatic heterocycles. The zero-order chi connectivity index (χ0) is 18.4. The van der Waals surface area contributed by atoms with Crippen molar-refractivity contribution < 1.29 is 14.3 Å². The van der Waals surface area contributed by atoms with Gasteiger partial charge in [0.25, 0.3) is 0 Å². The standard InChI is InChI=1S/C19H22FN3O3/c1-2-11-9-21-5-6-22(11)17-8-16-13(7-15(17)20)18(24)14(19(25)26)10-23(16)12-3-4-12/h7-8,10-12,21H,2-6,9H2,1H3,(H,25,26). The number of carboxylic acids is 1. The molecular weight excluding hydrogens is 337 g/mol. The van der Waals surface area contributed by atoms with E-state index in [1.165, 1.54) is 12.3 Å².